The number of carbonyl (C=O) groups is 4. The minimum absolute atomic E-state index is 0. The Kier molecular flexibility index (Phi) is 35.0. The number of carbonyl (C=O) groups excluding carboxylic acids is 4. The largest absolute Gasteiger partial charge is 2.00 e. The van der Waals surface area contributed by atoms with Crippen molar-refractivity contribution in [2.45, 2.75) is 78.1 Å². The van der Waals surface area contributed by atoms with Gasteiger partial charge >= 0.3 is 35.8 Å². The first kappa shape index (κ1) is 35.1. The van der Waals surface area contributed by atoms with Crippen molar-refractivity contribution in [1.82, 2.24) is 0 Å². The van der Waals surface area contributed by atoms with E-state index in [1.54, 1.807) is 0 Å². The second-order valence-electron chi connectivity index (χ2n) is 5.60. The molecule has 0 saturated carbocycles. The number of esters is 2. The third kappa shape index (κ3) is 42.0. The van der Waals surface area contributed by atoms with E-state index in [1.807, 2.05) is 0 Å². The molecule has 166 valence electrons. The van der Waals surface area contributed by atoms with Crippen molar-refractivity contribution in [3.05, 3.63) is 13.8 Å². The summed E-state index contributed by atoms with van der Waals surface area (Å²) >= 11 is 0. The predicted octanol–water partition coefficient (Wildman–Crippen LogP) is 0.774. The zero-order chi connectivity index (χ0) is 22.2. The van der Waals surface area contributed by atoms with Crippen LogP contribution >= 0.6 is 0 Å². The van der Waals surface area contributed by atoms with E-state index in [2.05, 4.69) is 27.7 Å². The number of hydrogen-bond donors (Lipinski definition) is 0. The molecular weight excluding hydrogens is 487 g/mol. The van der Waals surface area contributed by atoms with Crippen LogP contribution in [0.25, 0.3) is 0 Å². The Hall–Kier alpha value is -1.32. The summed E-state index contributed by atoms with van der Waals surface area (Å²) < 4.78 is 9.44. The fourth-order valence-electron chi connectivity index (χ4n) is 1.13. The van der Waals surface area contributed by atoms with Gasteiger partial charge in [-0.2, -0.15) is 0 Å². The summed E-state index contributed by atoms with van der Waals surface area (Å²) in [5.41, 5.74) is 0. The first-order valence-electron chi connectivity index (χ1n) is 9.54. The second kappa shape index (κ2) is 28.9. The van der Waals surface area contributed by atoms with Crippen molar-refractivity contribution in [2.75, 3.05) is 13.2 Å². The van der Waals surface area contributed by atoms with Crippen molar-refractivity contribution in [2.24, 2.45) is 0 Å². The fraction of sp³-hybridized carbons (Fsp3) is 0.700. The Balaban J connectivity index is -0.000000294. The third-order valence-corrected chi connectivity index (χ3v) is 2.84. The van der Waals surface area contributed by atoms with Gasteiger partial charge in [-0.15, -0.1) is 0 Å². The van der Waals surface area contributed by atoms with Crippen LogP contribution in [-0.4, -0.2) is 61.0 Å². The summed E-state index contributed by atoms with van der Waals surface area (Å²) in [7, 11) is 0. The average molecular weight is 521 g/mol. The Bertz CT molecular complexity index is 371. The molecule has 9 heteroatoms. The van der Waals surface area contributed by atoms with E-state index < -0.39 is 23.9 Å². The van der Waals surface area contributed by atoms with Crippen molar-refractivity contribution in [3.8, 4) is 0 Å². The molecule has 0 aliphatic rings. The van der Waals surface area contributed by atoms with E-state index in [9.17, 15) is 29.4 Å². The van der Waals surface area contributed by atoms with Gasteiger partial charge in [0.05, 0.1) is 26.1 Å². The maximum absolute atomic E-state index is 11.0. The van der Waals surface area contributed by atoms with Crippen molar-refractivity contribution in [3.63, 3.8) is 0 Å². The van der Waals surface area contributed by atoms with Crippen LogP contribution < -0.4 is 10.2 Å². The predicted molar refractivity (Wildman–Crippen MR) is 106 cm³/mol. The molecule has 0 aliphatic carbocycles. The summed E-state index contributed by atoms with van der Waals surface area (Å²) in [4.78, 5) is 42.1. The fourth-order valence-corrected chi connectivity index (χ4v) is 1.13. The Morgan fingerprint density at radius 3 is 1.17 bits per heavy atom. The molecular formula is C20H34O8Sn. The number of carboxylic acid groups (broad SMARTS) is 2. The number of unbranched alkanes of at least 4 members (excludes halogenated alkanes) is 3. The van der Waals surface area contributed by atoms with Crippen LogP contribution in [0.2, 0.25) is 0 Å². The van der Waals surface area contributed by atoms with Crippen LogP contribution in [0.1, 0.15) is 78.1 Å². The zero-order valence-corrected chi connectivity index (χ0v) is 20.5. The number of carboxylic acids is 2. The van der Waals surface area contributed by atoms with Gasteiger partial charge in [0.15, 0.2) is 0 Å². The molecule has 0 bridgehead atoms. The molecule has 29 heavy (non-hydrogen) atoms. The molecule has 0 atom stereocenters. The summed E-state index contributed by atoms with van der Waals surface area (Å²) in [6, 6.07) is 0. The molecule has 4 radical (unpaired) electrons. The Morgan fingerprint density at radius 1 is 0.690 bits per heavy atom. The van der Waals surface area contributed by atoms with Gasteiger partial charge in [0, 0.05) is 11.9 Å². The molecule has 0 spiro atoms. The Morgan fingerprint density at radius 2 is 0.966 bits per heavy atom. The molecule has 0 fully saturated rings. The van der Waals surface area contributed by atoms with Crippen LogP contribution in [0.4, 0.5) is 0 Å². The molecule has 0 aromatic rings. The smallest absolute Gasteiger partial charge is 0.550 e. The molecule has 0 N–H and O–H groups in total. The molecule has 0 unspecified atom stereocenters. The van der Waals surface area contributed by atoms with E-state index in [1.165, 1.54) is 12.8 Å². The average Bonchev–Trinajstić information content (AvgIpc) is 2.67. The maximum atomic E-state index is 11.0. The van der Waals surface area contributed by atoms with Gasteiger partial charge in [0.25, 0.3) is 0 Å². The first-order chi connectivity index (χ1) is 13.2. The first-order valence-corrected chi connectivity index (χ1v) is 9.54. The summed E-state index contributed by atoms with van der Waals surface area (Å²) in [6.45, 7) is 11.6. The standard InChI is InChI=1S/C12H18O8.2C4H9.Sn/c13-9(14)3-5-11(17)19-7-1-2-8-20-12(18)6-4-10(15)16;2*1-3-4-2;/h1-8H2,(H,13,14)(H,15,16);2*1,3-4H2,2H3;/q;;;+2/p-2. The van der Waals surface area contributed by atoms with Gasteiger partial charge in [-0.05, 0) is 25.7 Å². The van der Waals surface area contributed by atoms with Gasteiger partial charge in [-0.25, -0.2) is 0 Å². The van der Waals surface area contributed by atoms with Gasteiger partial charge in [0.1, 0.15) is 0 Å². The summed E-state index contributed by atoms with van der Waals surface area (Å²) in [6.07, 6.45) is 4.22. The molecule has 0 aromatic heterocycles. The van der Waals surface area contributed by atoms with Crippen LogP contribution in [0.3, 0.4) is 0 Å². The second-order valence-corrected chi connectivity index (χ2v) is 5.60. The molecule has 8 nitrogen and oxygen atoms in total. The van der Waals surface area contributed by atoms with E-state index in [-0.39, 0.29) is 62.8 Å². The number of ether oxygens (including phenoxy) is 2. The number of hydrogen-bond acceptors (Lipinski definition) is 8. The molecule has 0 rings (SSSR count). The summed E-state index contributed by atoms with van der Waals surface area (Å²) in [5.74, 6) is -3.88. The normalized spacial score (nSPS) is 8.83. The van der Waals surface area contributed by atoms with Crippen LogP contribution in [0.5, 0.6) is 0 Å². The maximum Gasteiger partial charge on any atom is 2.00 e. The summed E-state index contributed by atoms with van der Waals surface area (Å²) in [5, 5.41) is 20.1. The number of aliphatic carboxylic acids is 2. The molecule has 0 aromatic carbocycles. The van der Waals surface area contributed by atoms with Crippen LogP contribution in [-0.2, 0) is 28.7 Å². The van der Waals surface area contributed by atoms with E-state index >= 15 is 0 Å². The van der Waals surface area contributed by atoms with Crippen molar-refractivity contribution in [1.29, 1.82) is 0 Å². The van der Waals surface area contributed by atoms with Gasteiger partial charge in [0.2, 0.25) is 0 Å². The van der Waals surface area contributed by atoms with E-state index in [4.69, 9.17) is 9.47 Å². The van der Waals surface area contributed by atoms with Gasteiger partial charge < -0.3 is 29.3 Å². The van der Waals surface area contributed by atoms with Crippen molar-refractivity contribution >= 4 is 47.8 Å². The zero-order valence-electron chi connectivity index (χ0n) is 17.7. The molecule has 0 heterocycles. The quantitative estimate of drug-likeness (QED) is 0.197. The minimum Gasteiger partial charge on any atom is -0.550 e. The van der Waals surface area contributed by atoms with Gasteiger partial charge in [-0.1, -0.05) is 53.4 Å². The topological polar surface area (TPSA) is 133 Å². The molecule has 0 aliphatic heterocycles. The van der Waals surface area contributed by atoms with E-state index in [0.717, 1.165) is 12.8 Å². The van der Waals surface area contributed by atoms with Crippen LogP contribution in [0.15, 0.2) is 0 Å². The van der Waals surface area contributed by atoms with Crippen LogP contribution in [0, 0.1) is 13.8 Å². The molecule has 0 saturated heterocycles. The monoisotopic (exact) mass is 522 g/mol. The number of rotatable bonds is 13. The third-order valence-electron chi connectivity index (χ3n) is 2.84. The van der Waals surface area contributed by atoms with Gasteiger partial charge in [-0.3, -0.25) is 9.59 Å². The van der Waals surface area contributed by atoms with Crippen molar-refractivity contribution < 1.29 is 38.9 Å². The minimum atomic E-state index is -1.31. The Labute approximate surface area is 191 Å². The SMILES string of the molecule is O=C([O-])CCC(=O)OCCCCOC(=O)CCC(=O)[O-].[CH2]CCC.[CH2]CCC.[Sn+2]. The molecule has 0 amide bonds. The van der Waals surface area contributed by atoms with E-state index in [0.29, 0.717) is 12.8 Å².